The number of halogens is 1. The average Bonchev–Trinajstić information content (AvgIpc) is 3.06. The van der Waals surface area contributed by atoms with Crippen LogP contribution < -0.4 is 19.5 Å². The second-order valence-corrected chi connectivity index (χ2v) is 6.44. The van der Waals surface area contributed by atoms with Gasteiger partial charge in [0, 0.05) is 24.4 Å². The number of carbonyl (C=O) groups excluding carboxylic acids is 1. The number of nitrogens with zero attached hydrogens (tertiary/aromatic N) is 2. The minimum Gasteiger partial charge on any atom is -0.493 e. The van der Waals surface area contributed by atoms with E-state index in [2.05, 4.69) is 10.3 Å². The fourth-order valence-electron chi connectivity index (χ4n) is 3.03. The smallest absolute Gasteiger partial charge is 0.244 e. The number of methoxy groups -OCH3 is 3. The number of benzene rings is 1. The molecule has 0 saturated carbocycles. The molecule has 0 aliphatic carbocycles. The van der Waals surface area contributed by atoms with Crippen LogP contribution in [0.15, 0.2) is 42.6 Å². The molecule has 7 nitrogen and oxygen atoms in total. The minimum absolute atomic E-state index is 0.230. The number of fused-ring (bicyclic) bond motifs is 1. The maximum absolute atomic E-state index is 12.2. The van der Waals surface area contributed by atoms with E-state index in [1.165, 1.54) is 6.08 Å². The Labute approximate surface area is 173 Å². The molecule has 3 aromatic rings. The van der Waals surface area contributed by atoms with Gasteiger partial charge in [0.15, 0.2) is 16.7 Å². The van der Waals surface area contributed by atoms with Crippen LogP contribution in [0.25, 0.3) is 11.7 Å². The van der Waals surface area contributed by atoms with E-state index in [9.17, 15) is 4.79 Å². The molecule has 2 heterocycles. The van der Waals surface area contributed by atoms with E-state index in [-0.39, 0.29) is 5.91 Å². The highest BCUT2D eigenvalue weighted by molar-refractivity contribution is 6.31. The van der Waals surface area contributed by atoms with Crippen LogP contribution in [0.2, 0.25) is 5.15 Å². The normalized spacial score (nSPS) is 11.0. The average molecular weight is 416 g/mol. The van der Waals surface area contributed by atoms with Crippen molar-refractivity contribution in [1.82, 2.24) is 14.7 Å². The molecule has 2 aromatic heterocycles. The Bertz CT molecular complexity index is 1050. The summed E-state index contributed by atoms with van der Waals surface area (Å²) in [5.41, 5.74) is 2.27. The van der Waals surface area contributed by atoms with Crippen molar-refractivity contribution in [1.29, 1.82) is 0 Å². The predicted molar refractivity (Wildman–Crippen MR) is 112 cm³/mol. The first-order valence-corrected chi connectivity index (χ1v) is 9.33. The number of hydrogen-bond donors (Lipinski definition) is 1. The van der Waals surface area contributed by atoms with Gasteiger partial charge in [-0.15, -0.1) is 0 Å². The SMILES string of the molecule is COc1ccc(CCNC(=O)/C=C/c2c(Cl)nc3ccccn23)c(OC)c1OC. The van der Waals surface area contributed by atoms with Gasteiger partial charge >= 0.3 is 0 Å². The lowest BCUT2D eigenvalue weighted by atomic mass is 10.1. The maximum atomic E-state index is 12.2. The zero-order valence-electron chi connectivity index (χ0n) is 16.4. The third-order valence-corrected chi connectivity index (χ3v) is 4.67. The molecule has 1 amide bonds. The summed E-state index contributed by atoms with van der Waals surface area (Å²) < 4.78 is 17.9. The molecule has 152 valence electrons. The number of imidazole rings is 1. The van der Waals surface area contributed by atoms with Gasteiger partial charge < -0.3 is 19.5 Å². The lowest BCUT2D eigenvalue weighted by Gasteiger charge is -2.15. The Kier molecular flexibility index (Phi) is 6.61. The van der Waals surface area contributed by atoms with Crippen molar-refractivity contribution < 1.29 is 19.0 Å². The van der Waals surface area contributed by atoms with Crippen molar-refractivity contribution in [3.63, 3.8) is 0 Å². The number of ether oxygens (including phenoxy) is 3. The molecule has 0 bridgehead atoms. The number of carbonyl (C=O) groups is 1. The number of aromatic nitrogens is 2. The first-order chi connectivity index (χ1) is 14.1. The molecule has 29 heavy (non-hydrogen) atoms. The molecule has 8 heteroatoms. The van der Waals surface area contributed by atoms with Gasteiger partial charge in [0.2, 0.25) is 11.7 Å². The molecular formula is C21H22ClN3O4. The molecule has 0 spiro atoms. The van der Waals surface area contributed by atoms with Crippen LogP contribution >= 0.6 is 11.6 Å². The fourth-order valence-corrected chi connectivity index (χ4v) is 3.27. The van der Waals surface area contributed by atoms with Gasteiger partial charge in [-0.25, -0.2) is 4.98 Å². The number of amides is 1. The fraction of sp³-hybridized carbons (Fsp3) is 0.238. The minimum atomic E-state index is -0.230. The van der Waals surface area contributed by atoms with Gasteiger partial charge in [-0.3, -0.25) is 9.20 Å². The monoisotopic (exact) mass is 415 g/mol. The van der Waals surface area contributed by atoms with E-state index < -0.39 is 0 Å². The van der Waals surface area contributed by atoms with Crippen LogP contribution in [-0.4, -0.2) is 43.2 Å². The number of hydrogen-bond acceptors (Lipinski definition) is 5. The molecule has 0 saturated heterocycles. The Morgan fingerprint density at radius 2 is 1.93 bits per heavy atom. The topological polar surface area (TPSA) is 74.1 Å². The molecule has 0 aliphatic rings. The summed E-state index contributed by atoms with van der Waals surface area (Å²) in [5.74, 6) is 1.48. The van der Waals surface area contributed by atoms with Gasteiger partial charge in [-0.1, -0.05) is 23.7 Å². The lowest BCUT2D eigenvalue weighted by Crippen LogP contribution is -2.23. The van der Waals surface area contributed by atoms with Crippen LogP contribution in [0, 0.1) is 0 Å². The molecule has 0 radical (unpaired) electrons. The lowest BCUT2D eigenvalue weighted by molar-refractivity contribution is -0.116. The van der Waals surface area contributed by atoms with Crippen molar-refractivity contribution in [3.05, 3.63) is 59.0 Å². The van der Waals surface area contributed by atoms with Crippen molar-refractivity contribution in [3.8, 4) is 17.2 Å². The summed E-state index contributed by atoms with van der Waals surface area (Å²) in [6.07, 6.45) is 5.50. The van der Waals surface area contributed by atoms with Crippen LogP contribution in [0.4, 0.5) is 0 Å². The van der Waals surface area contributed by atoms with E-state index in [1.54, 1.807) is 27.4 Å². The summed E-state index contributed by atoms with van der Waals surface area (Å²) in [7, 11) is 4.70. The van der Waals surface area contributed by atoms with Crippen LogP contribution in [0.3, 0.4) is 0 Å². The highest BCUT2D eigenvalue weighted by Crippen LogP contribution is 2.39. The molecule has 0 unspecified atom stereocenters. The Morgan fingerprint density at radius 3 is 2.66 bits per heavy atom. The second kappa shape index (κ2) is 9.34. The summed E-state index contributed by atoms with van der Waals surface area (Å²) >= 11 is 6.17. The standard InChI is InChI=1S/C21H22ClN3O4/c1-27-16-9-7-14(19(28-2)20(16)29-3)11-12-23-18(26)10-8-15-21(22)24-17-6-4-5-13-25(15)17/h4-10,13H,11-12H2,1-3H3,(H,23,26)/b10-8+. The Morgan fingerprint density at radius 1 is 1.14 bits per heavy atom. The number of pyridine rings is 1. The van der Waals surface area contributed by atoms with E-state index >= 15 is 0 Å². The van der Waals surface area contributed by atoms with E-state index in [0.717, 1.165) is 11.2 Å². The highest BCUT2D eigenvalue weighted by Gasteiger charge is 2.15. The van der Waals surface area contributed by atoms with Gasteiger partial charge in [0.25, 0.3) is 0 Å². The van der Waals surface area contributed by atoms with Gasteiger partial charge in [0.1, 0.15) is 5.65 Å². The van der Waals surface area contributed by atoms with Crippen molar-refractivity contribution in [2.45, 2.75) is 6.42 Å². The van der Waals surface area contributed by atoms with E-state index in [4.69, 9.17) is 25.8 Å². The molecule has 1 N–H and O–H groups in total. The van der Waals surface area contributed by atoms with Crippen molar-refractivity contribution in [2.75, 3.05) is 27.9 Å². The van der Waals surface area contributed by atoms with Gasteiger partial charge in [0.05, 0.1) is 27.0 Å². The third kappa shape index (κ3) is 4.46. The first-order valence-electron chi connectivity index (χ1n) is 8.95. The summed E-state index contributed by atoms with van der Waals surface area (Å²) in [5, 5.41) is 3.20. The number of rotatable bonds is 8. The second-order valence-electron chi connectivity index (χ2n) is 6.08. The molecular weight excluding hydrogens is 394 g/mol. The summed E-state index contributed by atoms with van der Waals surface area (Å²) in [6, 6.07) is 9.30. The molecule has 3 rings (SSSR count). The van der Waals surface area contributed by atoms with Crippen molar-refractivity contribution >= 4 is 29.2 Å². The zero-order chi connectivity index (χ0) is 20.8. The summed E-state index contributed by atoms with van der Waals surface area (Å²) in [4.78, 5) is 16.5. The summed E-state index contributed by atoms with van der Waals surface area (Å²) in [6.45, 7) is 0.426. The molecule has 1 aromatic carbocycles. The molecule has 0 atom stereocenters. The molecule has 0 fully saturated rings. The first kappa shape index (κ1) is 20.5. The highest BCUT2D eigenvalue weighted by atomic mass is 35.5. The number of nitrogens with one attached hydrogen (secondary N) is 1. The largest absolute Gasteiger partial charge is 0.493 e. The Hall–Kier alpha value is -3.19. The Balaban J connectivity index is 1.64. The van der Waals surface area contributed by atoms with Crippen LogP contribution in [0.1, 0.15) is 11.3 Å². The zero-order valence-corrected chi connectivity index (χ0v) is 17.2. The van der Waals surface area contributed by atoms with E-state index in [1.807, 2.05) is 40.9 Å². The van der Waals surface area contributed by atoms with Gasteiger partial charge in [-0.2, -0.15) is 0 Å². The predicted octanol–water partition coefficient (Wildman–Crippen LogP) is 3.39. The van der Waals surface area contributed by atoms with Gasteiger partial charge in [-0.05, 0) is 30.7 Å². The van der Waals surface area contributed by atoms with E-state index in [0.29, 0.717) is 41.1 Å². The van der Waals surface area contributed by atoms with Crippen molar-refractivity contribution in [2.24, 2.45) is 0 Å². The third-order valence-electron chi connectivity index (χ3n) is 4.39. The van der Waals surface area contributed by atoms with Crippen LogP contribution in [0.5, 0.6) is 17.2 Å². The quantitative estimate of drug-likeness (QED) is 0.571. The maximum Gasteiger partial charge on any atom is 0.244 e. The van der Waals surface area contributed by atoms with Crippen LogP contribution in [-0.2, 0) is 11.2 Å². The molecule has 0 aliphatic heterocycles.